The first-order valence-corrected chi connectivity index (χ1v) is 9.92. The number of rotatable bonds is 6. The normalized spacial score (nSPS) is 17.7. The minimum Gasteiger partial charge on any atom is -0.497 e. The fourth-order valence-corrected chi connectivity index (χ4v) is 4.37. The monoisotopic (exact) mass is 373 g/mol. The van der Waals surface area contributed by atoms with Crippen LogP contribution in [0.5, 0.6) is 5.75 Å². The topological polar surface area (TPSA) is 32.7 Å². The maximum atomic E-state index is 10.3. The molecule has 0 radical (unpaired) electrons. The number of ether oxygens (including phenoxy) is 1. The van der Waals surface area contributed by atoms with Gasteiger partial charge in [0.25, 0.3) is 0 Å². The Morgan fingerprint density at radius 3 is 2.57 bits per heavy atom. The smallest absolute Gasteiger partial charge is 0.119 e. The van der Waals surface area contributed by atoms with Gasteiger partial charge < -0.3 is 9.84 Å². The van der Waals surface area contributed by atoms with Crippen molar-refractivity contribution in [3.8, 4) is 5.75 Å². The van der Waals surface area contributed by atoms with Crippen molar-refractivity contribution in [1.29, 1.82) is 0 Å². The summed E-state index contributed by atoms with van der Waals surface area (Å²) in [6, 6.07) is 27.6. The van der Waals surface area contributed by atoms with Gasteiger partial charge in [-0.3, -0.25) is 4.90 Å². The van der Waals surface area contributed by atoms with Crippen LogP contribution in [0.25, 0.3) is 0 Å². The molecule has 0 bridgehead atoms. The van der Waals surface area contributed by atoms with E-state index in [1.54, 1.807) is 7.11 Å². The van der Waals surface area contributed by atoms with Gasteiger partial charge in [0.1, 0.15) is 5.75 Å². The third-order valence-electron chi connectivity index (χ3n) is 5.77. The van der Waals surface area contributed by atoms with Crippen LogP contribution in [-0.4, -0.2) is 30.3 Å². The fraction of sp³-hybridized carbons (Fsp3) is 0.280. The molecule has 0 aromatic heterocycles. The first-order valence-electron chi connectivity index (χ1n) is 9.92. The molecule has 0 saturated heterocycles. The van der Waals surface area contributed by atoms with Gasteiger partial charge in [-0.15, -0.1) is 0 Å². The van der Waals surface area contributed by atoms with E-state index in [1.165, 1.54) is 22.3 Å². The summed E-state index contributed by atoms with van der Waals surface area (Å²) < 4.78 is 5.42. The molecule has 2 atom stereocenters. The van der Waals surface area contributed by atoms with Gasteiger partial charge in [0.05, 0.1) is 19.8 Å². The molecule has 144 valence electrons. The van der Waals surface area contributed by atoms with E-state index in [9.17, 15) is 5.11 Å². The Morgan fingerprint density at radius 1 is 1.00 bits per heavy atom. The summed E-state index contributed by atoms with van der Waals surface area (Å²) >= 11 is 0. The molecule has 3 aromatic rings. The summed E-state index contributed by atoms with van der Waals surface area (Å²) in [6.07, 6.45) is 1.89. The van der Waals surface area contributed by atoms with Crippen LogP contribution in [0.3, 0.4) is 0 Å². The van der Waals surface area contributed by atoms with Crippen LogP contribution in [0, 0.1) is 0 Å². The van der Waals surface area contributed by atoms with Gasteiger partial charge in [-0.25, -0.2) is 0 Å². The zero-order chi connectivity index (χ0) is 19.3. The molecule has 1 aliphatic heterocycles. The molecular weight excluding hydrogens is 346 g/mol. The molecule has 3 aromatic carbocycles. The first kappa shape index (κ1) is 18.7. The fourth-order valence-electron chi connectivity index (χ4n) is 4.37. The molecule has 4 rings (SSSR count). The lowest BCUT2D eigenvalue weighted by atomic mass is 9.86. The number of fused-ring (bicyclic) bond motifs is 1. The van der Waals surface area contributed by atoms with Gasteiger partial charge in [-0.05, 0) is 47.2 Å². The Morgan fingerprint density at radius 2 is 1.79 bits per heavy atom. The second kappa shape index (κ2) is 8.59. The third-order valence-corrected chi connectivity index (χ3v) is 5.77. The van der Waals surface area contributed by atoms with Crippen molar-refractivity contribution in [2.75, 3.05) is 20.3 Å². The maximum Gasteiger partial charge on any atom is 0.119 e. The van der Waals surface area contributed by atoms with Crippen molar-refractivity contribution >= 4 is 0 Å². The summed E-state index contributed by atoms with van der Waals surface area (Å²) in [5, 5.41) is 10.3. The van der Waals surface area contributed by atoms with E-state index in [4.69, 9.17) is 4.74 Å². The van der Waals surface area contributed by atoms with Gasteiger partial charge >= 0.3 is 0 Å². The van der Waals surface area contributed by atoms with Gasteiger partial charge in [-0.2, -0.15) is 0 Å². The summed E-state index contributed by atoms with van der Waals surface area (Å²) in [5.41, 5.74) is 5.19. The molecule has 1 heterocycles. The highest BCUT2D eigenvalue weighted by Crippen LogP contribution is 2.38. The molecular formula is C25H27NO2. The zero-order valence-corrected chi connectivity index (χ0v) is 16.3. The van der Waals surface area contributed by atoms with Crippen LogP contribution >= 0.6 is 0 Å². The van der Waals surface area contributed by atoms with E-state index >= 15 is 0 Å². The van der Waals surface area contributed by atoms with Crippen LogP contribution in [0.4, 0.5) is 0 Å². The Kier molecular flexibility index (Phi) is 5.75. The highest BCUT2D eigenvalue weighted by molar-refractivity contribution is 5.36. The Bertz CT molecular complexity index is 909. The third kappa shape index (κ3) is 3.82. The number of hydrogen-bond donors (Lipinski definition) is 1. The lowest BCUT2D eigenvalue weighted by Gasteiger charge is -2.42. The lowest BCUT2D eigenvalue weighted by Crippen LogP contribution is -2.40. The summed E-state index contributed by atoms with van der Waals surface area (Å²) in [7, 11) is 1.71. The van der Waals surface area contributed by atoms with Crippen molar-refractivity contribution in [2.45, 2.75) is 24.9 Å². The van der Waals surface area contributed by atoms with E-state index in [-0.39, 0.29) is 18.7 Å². The number of hydrogen-bond acceptors (Lipinski definition) is 3. The maximum absolute atomic E-state index is 10.3. The highest BCUT2D eigenvalue weighted by Gasteiger charge is 2.32. The number of nitrogens with zero attached hydrogens (tertiary/aromatic N) is 1. The molecule has 0 amide bonds. The number of benzene rings is 3. The molecule has 28 heavy (non-hydrogen) atoms. The Hall–Kier alpha value is -2.62. The van der Waals surface area contributed by atoms with Crippen LogP contribution in [-0.2, 0) is 12.8 Å². The second-order valence-corrected chi connectivity index (χ2v) is 7.37. The van der Waals surface area contributed by atoms with E-state index in [0.717, 1.165) is 25.1 Å². The van der Waals surface area contributed by atoms with Crippen molar-refractivity contribution in [3.05, 3.63) is 101 Å². The first-order chi connectivity index (χ1) is 13.8. The van der Waals surface area contributed by atoms with Crippen LogP contribution in [0.1, 0.15) is 34.3 Å². The average Bonchev–Trinajstić information content (AvgIpc) is 2.76. The van der Waals surface area contributed by atoms with Gasteiger partial charge in [0.15, 0.2) is 0 Å². The van der Waals surface area contributed by atoms with Crippen LogP contribution in [0.15, 0.2) is 78.9 Å². The summed E-state index contributed by atoms with van der Waals surface area (Å²) in [5.74, 6) is 0.884. The van der Waals surface area contributed by atoms with E-state index in [0.29, 0.717) is 0 Å². The van der Waals surface area contributed by atoms with Crippen LogP contribution < -0.4 is 4.74 Å². The van der Waals surface area contributed by atoms with Crippen molar-refractivity contribution in [1.82, 2.24) is 4.90 Å². The van der Waals surface area contributed by atoms with Crippen LogP contribution in [0.2, 0.25) is 0 Å². The molecule has 0 aliphatic carbocycles. The van der Waals surface area contributed by atoms with Crippen molar-refractivity contribution < 1.29 is 9.84 Å². The molecule has 0 saturated carbocycles. The lowest BCUT2D eigenvalue weighted by molar-refractivity contribution is 0.0743. The summed E-state index contributed by atoms with van der Waals surface area (Å²) in [4.78, 5) is 2.47. The minimum atomic E-state index is -0.00911. The SMILES string of the molecule is COc1cccc(C[C@H]2c3ccccc3CCN2[C@@H](CO)c2ccccc2)c1. The molecule has 3 heteroatoms. The summed E-state index contributed by atoms with van der Waals surface area (Å²) in [6.45, 7) is 1.05. The predicted octanol–water partition coefficient (Wildman–Crippen LogP) is 4.57. The largest absolute Gasteiger partial charge is 0.497 e. The minimum absolute atomic E-state index is 0.00911. The quantitative estimate of drug-likeness (QED) is 0.687. The van der Waals surface area contributed by atoms with Crippen molar-refractivity contribution in [2.24, 2.45) is 0 Å². The standard InChI is InChI=1S/C25H27NO2/c1-28-22-12-7-8-19(16-22)17-24-23-13-6-5-9-20(23)14-15-26(24)25(18-27)21-10-3-2-4-11-21/h2-13,16,24-25,27H,14-15,17-18H2,1H3/t24-,25-/m0/s1. The second-order valence-electron chi connectivity index (χ2n) is 7.37. The predicted molar refractivity (Wildman–Crippen MR) is 113 cm³/mol. The van der Waals surface area contributed by atoms with E-state index in [1.807, 2.05) is 30.3 Å². The zero-order valence-electron chi connectivity index (χ0n) is 16.3. The molecule has 1 N–H and O–H groups in total. The molecule has 1 aliphatic rings. The van der Waals surface area contributed by atoms with Crippen molar-refractivity contribution in [3.63, 3.8) is 0 Å². The highest BCUT2D eigenvalue weighted by atomic mass is 16.5. The number of aliphatic hydroxyl groups excluding tert-OH is 1. The van der Waals surface area contributed by atoms with E-state index < -0.39 is 0 Å². The van der Waals surface area contributed by atoms with Gasteiger partial charge in [0.2, 0.25) is 0 Å². The van der Waals surface area contributed by atoms with Gasteiger partial charge in [-0.1, -0.05) is 66.7 Å². The molecule has 3 nitrogen and oxygen atoms in total. The molecule has 0 fully saturated rings. The number of methoxy groups -OCH3 is 1. The molecule has 0 spiro atoms. The Balaban J connectivity index is 1.72. The number of aliphatic hydroxyl groups is 1. The van der Waals surface area contributed by atoms with Gasteiger partial charge in [0, 0.05) is 12.6 Å². The molecule has 0 unspecified atom stereocenters. The average molecular weight is 373 g/mol. The van der Waals surface area contributed by atoms with E-state index in [2.05, 4.69) is 53.4 Å². The Labute approximate surface area is 167 Å².